The second-order valence-corrected chi connectivity index (χ2v) is 5.68. The molecule has 6 nitrogen and oxygen atoms in total. The first kappa shape index (κ1) is 15.3. The second-order valence-electron chi connectivity index (χ2n) is 5.68. The Morgan fingerprint density at radius 3 is 2.84 bits per heavy atom. The maximum atomic E-state index is 13.8. The number of para-hydroxylation sites is 2. The van der Waals surface area contributed by atoms with Gasteiger partial charge in [0.15, 0.2) is 0 Å². The Kier molecular flexibility index (Phi) is 3.45. The minimum Gasteiger partial charge on any atom is -0.322 e. The summed E-state index contributed by atoms with van der Waals surface area (Å²) in [4.78, 5) is 28.9. The number of rotatable bonds is 2. The van der Waals surface area contributed by atoms with Gasteiger partial charge in [0.25, 0.3) is 0 Å². The van der Waals surface area contributed by atoms with Crippen LogP contribution in [0, 0.1) is 11.6 Å². The van der Waals surface area contributed by atoms with Gasteiger partial charge in [-0.3, -0.25) is 19.5 Å². The highest BCUT2D eigenvalue weighted by Gasteiger charge is 2.33. The molecule has 4 rings (SSSR count). The molecule has 3 aromatic rings. The largest absolute Gasteiger partial charge is 0.322 e. The van der Waals surface area contributed by atoms with Crippen LogP contribution in [0.3, 0.4) is 0 Å². The van der Waals surface area contributed by atoms with Gasteiger partial charge < -0.3 is 5.32 Å². The van der Waals surface area contributed by atoms with Crippen LogP contribution in [0.25, 0.3) is 11.0 Å². The van der Waals surface area contributed by atoms with Gasteiger partial charge in [-0.2, -0.15) is 0 Å². The van der Waals surface area contributed by atoms with E-state index in [4.69, 9.17) is 0 Å². The molecule has 1 aliphatic rings. The number of fused-ring (bicyclic) bond motifs is 3. The Morgan fingerprint density at radius 1 is 1.24 bits per heavy atom. The van der Waals surface area contributed by atoms with Gasteiger partial charge in [0.1, 0.15) is 17.7 Å². The first-order valence-corrected chi connectivity index (χ1v) is 7.55. The van der Waals surface area contributed by atoms with E-state index in [1.807, 2.05) is 0 Å². The molecule has 1 aromatic heterocycles. The number of hydrogen-bond acceptors (Lipinski definition) is 3. The molecule has 2 heterocycles. The Bertz CT molecular complexity index is 1020. The van der Waals surface area contributed by atoms with Crippen LogP contribution in [0.15, 0.2) is 42.5 Å². The van der Waals surface area contributed by atoms with Crippen molar-refractivity contribution < 1.29 is 18.4 Å². The molecule has 0 spiro atoms. The fourth-order valence-corrected chi connectivity index (χ4v) is 2.91. The van der Waals surface area contributed by atoms with Crippen molar-refractivity contribution >= 4 is 34.5 Å². The van der Waals surface area contributed by atoms with Gasteiger partial charge in [0.05, 0.1) is 23.1 Å². The molecule has 2 N–H and O–H groups in total. The summed E-state index contributed by atoms with van der Waals surface area (Å²) in [5.41, 5.74) is 1.16. The predicted octanol–water partition coefficient (Wildman–Crippen LogP) is 2.84. The lowest BCUT2D eigenvalue weighted by Crippen LogP contribution is -2.35. The third kappa shape index (κ3) is 2.61. The average molecular weight is 342 g/mol. The van der Waals surface area contributed by atoms with E-state index in [0.29, 0.717) is 17.1 Å². The highest BCUT2D eigenvalue weighted by molar-refractivity contribution is 6.03. The van der Waals surface area contributed by atoms with E-state index in [0.717, 1.165) is 12.1 Å². The Balaban J connectivity index is 1.73. The van der Waals surface area contributed by atoms with E-state index >= 15 is 0 Å². The van der Waals surface area contributed by atoms with Gasteiger partial charge in [0.2, 0.25) is 17.8 Å². The molecule has 1 atom stereocenters. The molecule has 25 heavy (non-hydrogen) atoms. The Labute approximate surface area is 140 Å². The van der Waals surface area contributed by atoms with E-state index < -0.39 is 23.6 Å². The number of benzene rings is 2. The number of halogens is 2. The van der Waals surface area contributed by atoms with Gasteiger partial charge in [-0.25, -0.2) is 13.8 Å². The summed E-state index contributed by atoms with van der Waals surface area (Å²) in [6, 6.07) is 9.11. The molecule has 0 radical (unpaired) electrons. The Morgan fingerprint density at radius 2 is 2.04 bits per heavy atom. The molecule has 126 valence electrons. The van der Waals surface area contributed by atoms with E-state index in [1.165, 1.54) is 0 Å². The van der Waals surface area contributed by atoms with Crippen LogP contribution in [0.5, 0.6) is 0 Å². The zero-order chi connectivity index (χ0) is 17.6. The SMILES string of the molecule is O=C1C[C@@H](C(=O)Nc2ccc(F)cc2F)n2c(nc3ccccc32)N1. The van der Waals surface area contributed by atoms with Crippen molar-refractivity contribution in [2.45, 2.75) is 12.5 Å². The van der Waals surface area contributed by atoms with Gasteiger partial charge in [-0.1, -0.05) is 12.1 Å². The molecular weight excluding hydrogens is 330 g/mol. The number of aromatic nitrogens is 2. The lowest BCUT2D eigenvalue weighted by atomic mass is 10.1. The molecule has 8 heteroatoms. The highest BCUT2D eigenvalue weighted by Crippen LogP contribution is 2.31. The topological polar surface area (TPSA) is 76.0 Å². The summed E-state index contributed by atoms with van der Waals surface area (Å²) < 4.78 is 28.4. The molecule has 0 fully saturated rings. The van der Waals surface area contributed by atoms with Crippen molar-refractivity contribution in [2.24, 2.45) is 0 Å². The normalized spacial score (nSPS) is 16.4. The van der Waals surface area contributed by atoms with E-state index in [2.05, 4.69) is 15.6 Å². The molecule has 0 saturated carbocycles. The minimum atomic E-state index is -0.888. The quantitative estimate of drug-likeness (QED) is 0.752. The number of amides is 2. The number of nitrogens with one attached hydrogen (secondary N) is 2. The van der Waals surface area contributed by atoms with Crippen LogP contribution < -0.4 is 10.6 Å². The van der Waals surface area contributed by atoms with Gasteiger partial charge >= 0.3 is 0 Å². The van der Waals surface area contributed by atoms with Crippen LogP contribution in [-0.4, -0.2) is 21.4 Å². The molecule has 0 bridgehead atoms. The molecular formula is C17H12F2N4O2. The van der Waals surface area contributed by atoms with Crippen molar-refractivity contribution in [1.29, 1.82) is 0 Å². The summed E-state index contributed by atoms with van der Waals surface area (Å²) in [5, 5.41) is 5.04. The number of anilines is 2. The first-order chi connectivity index (χ1) is 12.0. The summed E-state index contributed by atoms with van der Waals surface area (Å²) in [6.45, 7) is 0. The standard InChI is InChI=1S/C17H12F2N4O2/c18-9-5-6-11(10(19)7-9)20-16(25)14-8-15(24)22-17-21-12-3-1-2-4-13(12)23(14)17/h1-7,14H,8H2,(H,20,25)(H,21,22,24)/t14-/m0/s1. The maximum absolute atomic E-state index is 13.8. The third-order valence-electron chi connectivity index (χ3n) is 4.03. The van der Waals surface area contributed by atoms with Crippen LogP contribution in [-0.2, 0) is 9.59 Å². The third-order valence-corrected chi connectivity index (χ3v) is 4.03. The van der Waals surface area contributed by atoms with Crippen molar-refractivity contribution in [2.75, 3.05) is 10.6 Å². The van der Waals surface area contributed by atoms with E-state index in [1.54, 1.807) is 28.8 Å². The number of nitrogens with zero attached hydrogens (tertiary/aromatic N) is 2. The number of hydrogen-bond donors (Lipinski definition) is 2. The fourth-order valence-electron chi connectivity index (χ4n) is 2.91. The zero-order valence-corrected chi connectivity index (χ0v) is 12.8. The zero-order valence-electron chi connectivity index (χ0n) is 12.8. The Hall–Kier alpha value is -3.29. The van der Waals surface area contributed by atoms with Crippen LogP contribution in [0.2, 0.25) is 0 Å². The number of imidazole rings is 1. The molecule has 1 aliphatic heterocycles. The predicted molar refractivity (Wildman–Crippen MR) is 87.0 cm³/mol. The van der Waals surface area contributed by atoms with Crippen LogP contribution in [0.4, 0.5) is 20.4 Å². The summed E-state index contributed by atoms with van der Waals surface area (Å²) in [5.74, 6) is -2.30. The fraction of sp³-hybridized carbons (Fsp3) is 0.118. The summed E-state index contributed by atoms with van der Waals surface area (Å²) in [6.07, 6.45) is -0.109. The van der Waals surface area contributed by atoms with Crippen molar-refractivity contribution in [3.8, 4) is 0 Å². The smallest absolute Gasteiger partial charge is 0.248 e. The van der Waals surface area contributed by atoms with E-state index in [-0.39, 0.29) is 24.0 Å². The van der Waals surface area contributed by atoms with Crippen molar-refractivity contribution in [3.63, 3.8) is 0 Å². The summed E-state index contributed by atoms with van der Waals surface area (Å²) in [7, 11) is 0. The van der Waals surface area contributed by atoms with Gasteiger partial charge in [-0.15, -0.1) is 0 Å². The molecule has 2 amide bonds. The monoisotopic (exact) mass is 342 g/mol. The molecule has 0 unspecified atom stereocenters. The number of carbonyl (C=O) groups excluding carboxylic acids is 2. The number of carbonyl (C=O) groups is 2. The van der Waals surface area contributed by atoms with Crippen molar-refractivity contribution in [1.82, 2.24) is 9.55 Å². The van der Waals surface area contributed by atoms with Gasteiger partial charge in [-0.05, 0) is 24.3 Å². The highest BCUT2D eigenvalue weighted by atomic mass is 19.1. The van der Waals surface area contributed by atoms with Crippen LogP contribution >= 0.6 is 0 Å². The lowest BCUT2D eigenvalue weighted by molar-refractivity contribution is -0.124. The first-order valence-electron chi connectivity index (χ1n) is 7.55. The lowest BCUT2D eigenvalue weighted by Gasteiger charge is -2.25. The second kappa shape index (κ2) is 5.66. The van der Waals surface area contributed by atoms with Gasteiger partial charge in [0, 0.05) is 6.07 Å². The van der Waals surface area contributed by atoms with Crippen molar-refractivity contribution in [3.05, 3.63) is 54.1 Å². The molecule has 0 aliphatic carbocycles. The molecule has 2 aromatic carbocycles. The average Bonchev–Trinajstić information content (AvgIpc) is 2.94. The van der Waals surface area contributed by atoms with E-state index in [9.17, 15) is 18.4 Å². The molecule has 0 saturated heterocycles. The maximum Gasteiger partial charge on any atom is 0.248 e. The minimum absolute atomic E-state index is 0.109. The summed E-state index contributed by atoms with van der Waals surface area (Å²) >= 11 is 0. The van der Waals surface area contributed by atoms with Crippen LogP contribution in [0.1, 0.15) is 12.5 Å².